The molecule has 8 nitrogen and oxygen atoms in total. The summed E-state index contributed by atoms with van der Waals surface area (Å²) in [6.07, 6.45) is 14.1. The predicted molar refractivity (Wildman–Crippen MR) is 168 cm³/mol. The van der Waals surface area contributed by atoms with Crippen LogP contribution >= 0.6 is 23.2 Å². The van der Waals surface area contributed by atoms with E-state index in [1.165, 1.54) is 69.9 Å². The van der Waals surface area contributed by atoms with Crippen molar-refractivity contribution in [2.24, 2.45) is 4.99 Å². The Balaban J connectivity index is 1.51. The van der Waals surface area contributed by atoms with Crippen molar-refractivity contribution < 1.29 is 19.1 Å². The number of hydrogen-bond donors (Lipinski definition) is 2. The van der Waals surface area contributed by atoms with Crippen LogP contribution in [0.1, 0.15) is 90.4 Å². The van der Waals surface area contributed by atoms with Crippen molar-refractivity contribution in [3.05, 3.63) is 40.4 Å². The number of carbonyl (C=O) groups is 2. The zero-order valence-electron chi connectivity index (χ0n) is 24.4. The molecule has 224 valence electrons. The van der Waals surface area contributed by atoms with E-state index >= 15 is 0 Å². The molecule has 41 heavy (non-hydrogen) atoms. The standard InChI is InChI=1S/C31H42Cl2N4O4/c1-4-5-6-7-8-9-10-11-12-13-14-15-29(38)34-22-16-17-27(41-3)26(18-22)35-28-21-30(39)37(36-28)31-24(32)19-23(40-2)20-25(31)33/h16-20H,4-15,21H2,1-3H3,(H,34,38)(H,35,36). The number of amides is 2. The minimum atomic E-state index is -0.270. The number of anilines is 2. The number of nitrogens with one attached hydrogen (secondary N) is 2. The molecule has 1 saturated heterocycles. The summed E-state index contributed by atoms with van der Waals surface area (Å²) in [6, 6.07) is 8.41. The Labute approximate surface area is 253 Å². The Morgan fingerprint density at radius 1 is 0.927 bits per heavy atom. The predicted octanol–water partition coefficient (Wildman–Crippen LogP) is 8.62. The summed E-state index contributed by atoms with van der Waals surface area (Å²) in [5.41, 5.74) is 4.39. The smallest absolute Gasteiger partial charge is 0.253 e. The Morgan fingerprint density at radius 3 is 2.12 bits per heavy atom. The summed E-state index contributed by atoms with van der Waals surface area (Å²) in [7, 11) is 3.05. The lowest BCUT2D eigenvalue weighted by Crippen LogP contribution is -2.36. The van der Waals surface area contributed by atoms with Crippen molar-refractivity contribution in [3.8, 4) is 11.5 Å². The normalized spacial score (nSPS) is 13.9. The number of amidine groups is 1. The SMILES string of the molecule is CCCCCCCCCCCCCC(=O)Nc1ccc(OC)c(N=C2CC(=O)N(c3c(Cl)cc(OC)cc3Cl)N2)c1. The highest BCUT2D eigenvalue weighted by atomic mass is 35.5. The molecule has 0 aromatic heterocycles. The van der Waals surface area contributed by atoms with Gasteiger partial charge in [-0.2, -0.15) is 0 Å². The first-order valence-electron chi connectivity index (χ1n) is 14.5. The molecule has 0 unspecified atom stereocenters. The minimum absolute atomic E-state index is 0.0112. The zero-order chi connectivity index (χ0) is 29.6. The summed E-state index contributed by atoms with van der Waals surface area (Å²) in [6.45, 7) is 2.24. The third-order valence-electron chi connectivity index (χ3n) is 6.98. The van der Waals surface area contributed by atoms with E-state index in [1.54, 1.807) is 37.4 Å². The van der Waals surface area contributed by atoms with Crippen molar-refractivity contribution in [1.29, 1.82) is 0 Å². The fraction of sp³-hybridized carbons (Fsp3) is 0.516. The van der Waals surface area contributed by atoms with Crippen LogP contribution in [0.25, 0.3) is 0 Å². The quantitative estimate of drug-likeness (QED) is 0.176. The number of halogens is 2. The van der Waals surface area contributed by atoms with Gasteiger partial charge in [-0.05, 0) is 24.6 Å². The molecule has 10 heteroatoms. The van der Waals surface area contributed by atoms with Crippen LogP contribution in [0.15, 0.2) is 35.3 Å². The maximum atomic E-state index is 12.8. The lowest BCUT2D eigenvalue weighted by atomic mass is 10.1. The van der Waals surface area contributed by atoms with Gasteiger partial charge in [-0.25, -0.2) is 10.0 Å². The molecule has 0 spiro atoms. The Hall–Kier alpha value is -2.97. The van der Waals surface area contributed by atoms with Gasteiger partial charge in [-0.3, -0.25) is 15.0 Å². The highest BCUT2D eigenvalue weighted by Gasteiger charge is 2.30. The fourth-order valence-electron chi connectivity index (χ4n) is 4.75. The molecule has 2 aromatic carbocycles. The number of unbranched alkanes of at least 4 members (excludes halogenated alkanes) is 10. The number of hydrazine groups is 1. The summed E-state index contributed by atoms with van der Waals surface area (Å²) in [5, 5.41) is 4.75. The number of aliphatic imine (C=N–C) groups is 1. The van der Waals surface area contributed by atoms with Crippen LogP contribution in [0.5, 0.6) is 11.5 Å². The molecule has 1 aliphatic heterocycles. The maximum absolute atomic E-state index is 12.8. The summed E-state index contributed by atoms with van der Waals surface area (Å²) in [4.78, 5) is 30.0. The molecule has 0 saturated carbocycles. The molecule has 3 rings (SSSR count). The molecule has 0 aliphatic carbocycles. The van der Waals surface area contributed by atoms with Gasteiger partial charge in [0, 0.05) is 24.2 Å². The molecule has 0 radical (unpaired) electrons. The number of nitrogens with zero attached hydrogens (tertiary/aromatic N) is 2. The molecular weight excluding hydrogens is 563 g/mol. The second-order valence-electron chi connectivity index (χ2n) is 10.2. The molecule has 1 aliphatic rings. The van der Waals surface area contributed by atoms with E-state index in [-0.39, 0.29) is 28.3 Å². The average molecular weight is 606 g/mol. The summed E-state index contributed by atoms with van der Waals surface area (Å²) >= 11 is 12.8. The monoisotopic (exact) mass is 604 g/mol. The van der Waals surface area contributed by atoms with Crippen LogP contribution in [0, 0.1) is 0 Å². The first kappa shape index (κ1) is 32.5. The van der Waals surface area contributed by atoms with Crippen LogP contribution < -0.4 is 25.2 Å². The van der Waals surface area contributed by atoms with Gasteiger partial charge >= 0.3 is 0 Å². The largest absolute Gasteiger partial charge is 0.497 e. The van der Waals surface area contributed by atoms with E-state index in [0.717, 1.165) is 12.8 Å². The summed E-state index contributed by atoms with van der Waals surface area (Å²) in [5.74, 6) is 1.08. The van der Waals surface area contributed by atoms with Crippen LogP contribution in [0.2, 0.25) is 10.0 Å². The van der Waals surface area contributed by atoms with E-state index in [0.29, 0.717) is 40.8 Å². The van der Waals surface area contributed by atoms with Crippen molar-refractivity contribution in [1.82, 2.24) is 5.43 Å². The molecule has 1 heterocycles. The minimum Gasteiger partial charge on any atom is -0.497 e. The highest BCUT2D eigenvalue weighted by molar-refractivity contribution is 6.40. The molecule has 0 bridgehead atoms. The number of carbonyl (C=O) groups excluding carboxylic acids is 2. The van der Waals surface area contributed by atoms with Crippen LogP contribution in [0.3, 0.4) is 0 Å². The van der Waals surface area contributed by atoms with Gasteiger partial charge in [0.25, 0.3) is 5.91 Å². The Kier molecular flexibility index (Phi) is 13.6. The average Bonchev–Trinajstić information content (AvgIpc) is 3.30. The first-order valence-corrected chi connectivity index (χ1v) is 15.3. The van der Waals surface area contributed by atoms with Gasteiger partial charge in [-0.1, -0.05) is 94.3 Å². The first-order chi connectivity index (χ1) is 19.9. The number of ether oxygens (including phenoxy) is 2. The zero-order valence-corrected chi connectivity index (χ0v) is 25.9. The third kappa shape index (κ3) is 10.1. The number of methoxy groups -OCH3 is 2. The number of hydrogen-bond acceptors (Lipinski definition) is 5. The van der Waals surface area contributed by atoms with Crippen LogP contribution in [-0.4, -0.2) is 31.9 Å². The second kappa shape index (κ2) is 17.1. The number of rotatable bonds is 17. The lowest BCUT2D eigenvalue weighted by Gasteiger charge is -2.19. The fourth-order valence-corrected chi connectivity index (χ4v) is 5.38. The van der Waals surface area contributed by atoms with Gasteiger partial charge in [-0.15, -0.1) is 0 Å². The highest BCUT2D eigenvalue weighted by Crippen LogP contribution is 2.38. The van der Waals surface area contributed by atoms with Gasteiger partial charge in [0.15, 0.2) is 0 Å². The van der Waals surface area contributed by atoms with E-state index in [4.69, 9.17) is 32.7 Å². The van der Waals surface area contributed by atoms with Gasteiger partial charge in [0.2, 0.25) is 5.91 Å². The van der Waals surface area contributed by atoms with Crippen molar-refractivity contribution in [2.75, 3.05) is 24.5 Å². The van der Waals surface area contributed by atoms with Crippen LogP contribution in [-0.2, 0) is 9.59 Å². The lowest BCUT2D eigenvalue weighted by molar-refractivity contribution is -0.117. The molecule has 2 aromatic rings. The topological polar surface area (TPSA) is 92.3 Å². The van der Waals surface area contributed by atoms with E-state index < -0.39 is 0 Å². The van der Waals surface area contributed by atoms with Gasteiger partial charge in [0.05, 0.1) is 30.7 Å². The van der Waals surface area contributed by atoms with E-state index in [2.05, 4.69) is 22.7 Å². The molecule has 2 amide bonds. The van der Waals surface area contributed by atoms with E-state index in [1.807, 2.05) is 0 Å². The van der Waals surface area contributed by atoms with Gasteiger partial charge < -0.3 is 14.8 Å². The van der Waals surface area contributed by atoms with Crippen molar-refractivity contribution in [3.63, 3.8) is 0 Å². The molecule has 1 fully saturated rings. The maximum Gasteiger partial charge on any atom is 0.253 e. The molecule has 0 atom stereocenters. The summed E-state index contributed by atoms with van der Waals surface area (Å²) < 4.78 is 10.6. The second-order valence-corrected chi connectivity index (χ2v) is 11.1. The van der Waals surface area contributed by atoms with Gasteiger partial charge in [0.1, 0.15) is 28.7 Å². The third-order valence-corrected chi connectivity index (χ3v) is 7.56. The van der Waals surface area contributed by atoms with E-state index in [9.17, 15) is 9.59 Å². The number of benzene rings is 2. The van der Waals surface area contributed by atoms with Crippen molar-refractivity contribution in [2.45, 2.75) is 90.4 Å². The molecule has 2 N–H and O–H groups in total. The Morgan fingerprint density at radius 2 is 1.54 bits per heavy atom. The molecular formula is C31H42Cl2N4O4. The van der Waals surface area contributed by atoms with Crippen LogP contribution in [0.4, 0.5) is 17.1 Å². The Bertz CT molecular complexity index is 1180. The van der Waals surface area contributed by atoms with Crippen molar-refractivity contribution >= 4 is 57.9 Å².